The monoisotopic (exact) mass is 356 g/mol. The van der Waals surface area contributed by atoms with Crippen molar-refractivity contribution in [2.75, 3.05) is 10.0 Å². The van der Waals surface area contributed by atoms with Crippen LogP contribution in [0.3, 0.4) is 0 Å². The number of benzene rings is 1. The number of para-hydroxylation sites is 2. The topological polar surface area (TPSA) is 110 Å². The lowest BCUT2D eigenvalue weighted by atomic mass is 10.3. The second-order valence-corrected chi connectivity index (χ2v) is 7.66. The van der Waals surface area contributed by atoms with E-state index in [4.69, 9.17) is 4.74 Å². The fraction of sp³-hybridized carbons (Fsp3) is 0.308. The molecule has 124 valence electrons. The molecule has 1 aromatic heterocycles. The summed E-state index contributed by atoms with van der Waals surface area (Å²) in [6.07, 6.45) is -0.103. The lowest BCUT2D eigenvalue weighted by Gasteiger charge is -2.14. The second kappa shape index (κ2) is 6.92. The SMILES string of the molecule is CC(=O)Nc1nnc(S(=O)(=O)Nc2ccccc2OC(C)C)s1. The molecule has 0 saturated heterocycles. The highest BCUT2D eigenvalue weighted by molar-refractivity contribution is 7.94. The van der Waals surface area contributed by atoms with Crippen molar-refractivity contribution in [3.8, 4) is 5.75 Å². The third-order valence-electron chi connectivity index (χ3n) is 2.41. The molecule has 8 nitrogen and oxygen atoms in total. The fourth-order valence-corrected chi connectivity index (χ4v) is 3.63. The van der Waals surface area contributed by atoms with Gasteiger partial charge in [-0.2, -0.15) is 8.42 Å². The summed E-state index contributed by atoms with van der Waals surface area (Å²) in [5.74, 6) is 0.0615. The molecule has 23 heavy (non-hydrogen) atoms. The predicted molar refractivity (Wildman–Crippen MR) is 87.2 cm³/mol. The molecule has 1 aromatic carbocycles. The average molecular weight is 356 g/mol. The van der Waals surface area contributed by atoms with Crippen LogP contribution < -0.4 is 14.8 Å². The van der Waals surface area contributed by atoms with E-state index in [2.05, 4.69) is 20.2 Å². The summed E-state index contributed by atoms with van der Waals surface area (Å²) in [7, 11) is -3.92. The molecule has 0 fully saturated rings. The molecule has 1 amide bonds. The highest BCUT2D eigenvalue weighted by Crippen LogP contribution is 2.29. The number of hydrogen-bond acceptors (Lipinski definition) is 7. The van der Waals surface area contributed by atoms with Crippen LogP contribution in [0.5, 0.6) is 5.75 Å². The van der Waals surface area contributed by atoms with Crippen LogP contribution in [0.1, 0.15) is 20.8 Å². The van der Waals surface area contributed by atoms with Gasteiger partial charge in [0.2, 0.25) is 11.0 Å². The summed E-state index contributed by atoms with van der Waals surface area (Å²) in [6, 6.07) is 6.69. The van der Waals surface area contributed by atoms with Gasteiger partial charge in [0.1, 0.15) is 5.75 Å². The smallest absolute Gasteiger partial charge is 0.291 e. The largest absolute Gasteiger partial charge is 0.489 e. The number of sulfonamides is 1. The summed E-state index contributed by atoms with van der Waals surface area (Å²) in [5.41, 5.74) is 0.303. The summed E-state index contributed by atoms with van der Waals surface area (Å²) in [4.78, 5) is 11.0. The summed E-state index contributed by atoms with van der Waals surface area (Å²) >= 11 is 0.762. The quantitative estimate of drug-likeness (QED) is 0.767. The van der Waals surface area contributed by atoms with E-state index in [0.717, 1.165) is 11.3 Å². The Bertz CT molecular complexity index is 802. The maximum absolute atomic E-state index is 12.4. The molecule has 2 N–H and O–H groups in total. The van der Waals surface area contributed by atoms with Gasteiger partial charge < -0.3 is 10.1 Å². The van der Waals surface area contributed by atoms with Gasteiger partial charge in [-0.25, -0.2) is 0 Å². The lowest BCUT2D eigenvalue weighted by molar-refractivity contribution is -0.114. The van der Waals surface area contributed by atoms with E-state index in [1.807, 2.05) is 13.8 Å². The first kappa shape index (κ1) is 17.2. The molecule has 0 spiro atoms. The molecule has 2 aromatic rings. The first-order chi connectivity index (χ1) is 10.8. The molecule has 0 saturated carbocycles. The number of anilines is 2. The van der Waals surface area contributed by atoms with Crippen LogP contribution >= 0.6 is 11.3 Å². The predicted octanol–water partition coefficient (Wildman–Crippen LogP) is 2.08. The molecule has 2 rings (SSSR count). The lowest BCUT2D eigenvalue weighted by Crippen LogP contribution is -2.15. The number of nitrogens with zero attached hydrogens (tertiary/aromatic N) is 2. The van der Waals surface area contributed by atoms with Gasteiger partial charge in [0.15, 0.2) is 0 Å². The van der Waals surface area contributed by atoms with Crippen molar-refractivity contribution in [2.24, 2.45) is 0 Å². The third-order valence-corrected chi connectivity index (χ3v) is 4.99. The average Bonchev–Trinajstić information content (AvgIpc) is 2.88. The number of hydrogen-bond donors (Lipinski definition) is 2. The third kappa shape index (κ3) is 4.63. The van der Waals surface area contributed by atoms with E-state index < -0.39 is 10.0 Å². The first-order valence-corrected chi connectivity index (χ1v) is 8.97. The molecule has 1 heterocycles. The first-order valence-electron chi connectivity index (χ1n) is 6.67. The van der Waals surface area contributed by atoms with E-state index >= 15 is 0 Å². The minimum absolute atomic E-state index is 0.103. The normalized spacial score (nSPS) is 11.3. The number of aromatic nitrogens is 2. The van der Waals surface area contributed by atoms with Crippen molar-refractivity contribution in [3.05, 3.63) is 24.3 Å². The zero-order valence-electron chi connectivity index (χ0n) is 12.7. The number of carbonyl (C=O) groups is 1. The van der Waals surface area contributed by atoms with E-state index in [0.29, 0.717) is 11.4 Å². The Morgan fingerprint density at radius 3 is 2.61 bits per heavy atom. The Morgan fingerprint density at radius 2 is 1.96 bits per heavy atom. The van der Waals surface area contributed by atoms with Crippen molar-refractivity contribution in [1.29, 1.82) is 0 Å². The van der Waals surface area contributed by atoms with E-state index in [9.17, 15) is 13.2 Å². The second-order valence-electron chi connectivity index (χ2n) is 4.82. The van der Waals surface area contributed by atoms with Gasteiger partial charge in [-0.1, -0.05) is 23.5 Å². The summed E-state index contributed by atoms with van der Waals surface area (Å²) in [5, 5.41) is 9.71. The molecule has 0 bridgehead atoms. The molecule has 0 unspecified atom stereocenters. The zero-order valence-corrected chi connectivity index (χ0v) is 14.4. The Morgan fingerprint density at radius 1 is 1.26 bits per heavy atom. The van der Waals surface area contributed by atoms with Crippen LogP contribution in [-0.2, 0) is 14.8 Å². The van der Waals surface area contributed by atoms with Gasteiger partial charge >= 0.3 is 0 Å². The number of nitrogens with one attached hydrogen (secondary N) is 2. The minimum atomic E-state index is -3.92. The van der Waals surface area contributed by atoms with Crippen LogP contribution in [0, 0.1) is 0 Å². The molecular formula is C13H16N4O4S2. The van der Waals surface area contributed by atoms with Crippen LogP contribution in [-0.4, -0.2) is 30.6 Å². The molecule has 10 heteroatoms. The van der Waals surface area contributed by atoms with E-state index in [1.54, 1.807) is 24.3 Å². The summed E-state index contributed by atoms with van der Waals surface area (Å²) in [6.45, 7) is 4.98. The Hall–Kier alpha value is -2.20. The summed E-state index contributed by atoms with van der Waals surface area (Å²) < 4.78 is 32.5. The Labute approximate surface area is 137 Å². The fourth-order valence-electron chi connectivity index (χ4n) is 1.62. The Kier molecular flexibility index (Phi) is 5.16. The molecule has 0 radical (unpaired) electrons. The van der Waals surface area contributed by atoms with Crippen molar-refractivity contribution in [1.82, 2.24) is 10.2 Å². The van der Waals surface area contributed by atoms with Gasteiger partial charge in [0, 0.05) is 6.92 Å². The molecular weight excluding hydrogens is 340 g/mol. The van der Waals surface area contributed by atoms with E-state index in [1.165, 1.54) is 6.92 Å². The van der Waals surface area contributed by atoms with E-state index in [-0.39, 0.29) is 21.5 Å². The van der Waals surface area contributed by atoms with Crippen molar-refractivity contribution < 1.29 is 17.9 Å². The highest BCUT2D eigenvalue weighted by Gasteiger charge is 2.22. The number of amides is 1. The van der Waals surface area contributed by atoms with Gasteiger partial charge in [-0.05, 0) is 26.0 Å². The van der Waals surface area contributed by atoms with Crippen LogP contribution in [0.2, 0.25) is 0 Å². The zero-order chi connectivity index (χ0) is 17.0. The Balaban J connectivity index is 2.25. The maximum Gasteiger partial charge on any atom is 0.291 e. The highest BCUT2D eigenvalue weighted by atomic mass is 32.2. The van der Waals surface area contributed by atoms with Crippen molar-refractivity contribution in [2.45, 2.75) is 31.2 Å². The molecule has 0 aliphatic carbocycles. The number of carbonyl (C=O) groups excluding carboxylic acids is 1. The van der Waals surface area contributed by atoms with Gasteiger partial charge in [0.05, 0.1) is 11.8 Å². The van der Waals surface area contributed by atoms with Crippen LogP contribution in [0.4, 0.5) is 10.8 Å². The van der Waals surface area contributed by atoms with Gasteiger partial charge in [0.25, 0.3) is 14.4 Å². The van der Waals surface area contributed by atoms with Gasteiger partial charge in [-0.3, -0.25) is 9.52 Å². The number of rotatable bonds is 6. The van der Waals surface area contributed by atoms with Crippen LogP contribution in [0.25, 0.3) is 0 Å². The molecule has 0 atom stereocenters. The molecule has 0 aliphatic heterocycles. The van der Waals surface area contributed by atoms with Crippen molar-refractivity contribution in [3.63, 3.8) is 0 Å². The van der Waals surface area contributed by atoms with Crippen LogP contribution in [0.15, 0.2) is 28.6 Å². The van der Waals surface area contributed by atoms with Gasteiger partial charge in [-0.15, -0.1) is 10.2 Å². The molecule has 0 aliphatic rings. The maximum atomic E-state index is 12.4. The number of ether oxygens (including phenoxy) is 1. The minimum Gasteiger partial charge on any atom is -0.489 e. The van der Waals surface area contributed by atoms with Crippen molar-refractivity contribution >= 4 is 38.1 Å². The standard InChI is InChI=1S/C13H16N4O4S2/c1-8(2)21-11-7-5-4-6-10(11)17-23(19,20)13-16-15-12(22-13)14-9(3)18/h4-8,17H,1-3H3,(H,14,15,18).